The van der Waals surface area contributed by atoms with Crippen LogP contribution in [-0.4, -0.2) is 30.3 Å². The Labute approximate surface area is 142 Å². The van der Waals surface area contributed by atoms with Crippen molar-refractivity contribution in [2.45, 2.75) is 6.54 Å². The molecule has 0 spiro atoms. The van der Waals surface area contributed by atoms with Crippen molar-refractivity contribution in [1.29, 1.82) is 0 Å². The highest BCUT2D eigenvalue weighted by molar-refractivity contribution is 7.22. The Balaban J connectivity index is 1.81. The number of carboxylic acid groups (broad SMARTS) is 1. The minimum atomic E-state index is -1.02. The van der Waals surface area contributed by atoms with E-state index in [9.17, 15) is 9.90 Å². The molecule has 3 rings (SSSR count). The largest absolute Gasteiger partial charge is 0.493 e. The van der Waals surface area contributed by atoms with Gasteiger partial charge >= 0.3 is 5.97 Å². The molecule has 6 nitrogen and oxygen atoms in total. The van der Waals surface area contributed by atoms with E-state index >= 15 is 0 Å². The van der Waals surface area contributed by atoms with Crippen molar-refractivity contribution in [3.05, 3.63) is 47.8 Å². The number of aromatic nitrogens is 1. The first-order valence-electron chi connectivity index (χ1n) is 7.19. The molecule has 0 saturated heterocycles. The lowest BCUT2D eigenvalue weighted by Gasteiger charge is -2.10. The average molecular weight is 344 g/mol. The first-order chi connectivity index (χ1) is 11.6. The summed E-state index contributed by atoms with van der Waals surface area (Å²) in [7, 11) is 3.20. The Kier molecular flexibility index (Phi) is 4.52. The van der Waals surface area contributed by atoms with E-state index in [1.807, 2.05) is 30.3 Å². The maximum absolute atomic E-state index is 11.2. The van der Waals surface area contributed by atoms with Crippen LogP contribution in [0.1, 0.15) is 16.1 Å². The van der Waals surface area contributed by atoms with Crippen LogP contribution in [0.15, 0.2) is 36.5 Å². The van der Waals surface area contributed by atoms with Crippen LogP contribution in [0.5, 0.6) is 11.5 Å². The summed E-state index contributed by atoms with van der Waals surface area (Å²) in [6.07, 6.45) is 1.51. The van der Waals surface area contributed by atoms with Gasteiger partial charge in [0.2, 0.25) is 0 Å². The zero-order chi connectivity index (χ0) is 17.1. The van der Waals surface area contributed by atoms with Gasteiger partial charge in [-0.2, -0.15) is 0 Å². The highest BCUT2D eigenvalue weighted by Crippen LogP contribution is 2.32. The number of carboxylic acids is 1. The normalized spacial score (nSPS) is 10.6. The maximum Gasteiger partial charge on any atom is 0.355 e. The zero-order valence-corrected chi connectivity index (χ0v) is 14.0. The molecule has 2 aromatic heterocycles. The van der Waals surface area contributed by atoms with Gasteiger partial charge in [-0.05, 0) is 29.8 Å². The minimum absolute atomic E-state index is 0.0721. The number of pyridine rings is 1. The molecule has 3 aromatic rings. The van der Waals surface area contributed by atoms with Gasteiger partial charge in [-0.15, -0.1) is 11.3 Å². The number of fused-ring (bicyclic) bond motifs is 1. The highest BCUT2D eigenvalue weighted by Gasteiger charge is 2.13. The van der Waals surface area contributed by atoms with Gasteiger partial charge in [0.25, 0.3) is 0 Å². The van der Waals surface area contributed by atoms with Crippen molar-refractivity contribution in [2.24, 2.45) is 0 Å². The number of ether oxygens (including phenoxy) is 2. The monoisotopic (exact) mass is 344 g/mol. The number of carbonyl (C=O) groups is 1. The molecular formula is C17H16N2O4S. The van der Waals surface area contributed by atoms with Gasteiger partial charge in [0, 0.05) is 22.8 Å². The van der Waals surface area contributed by atoms with Crippen molar-refractivity contribution in [1.82, 2.24) is 4.98 Å². The van der Waals surface area contributed by atoms with E-state index in [1.54, 1.807) is 14.2 Å². The fourth-order valence-corrected chi connectivity index (χ4v) is 3.35. The molecule has 2 heterocycles. The van der Waals surface area contributed by atoms with E-state index in [-0.39, 0.29) is 5.69 Å². The highest BCUT2D eigenvalue weighted by atomic mass is 32.1. The van der Waals surface area contributed by atoms with E-state index in [4.69, 9.17) is 9.47 Å². The van der Waals surface area contributed by atoms with Gasteiger partial charge in [-0.25, -0.2) is 9.78 Å². The predicted octanol–water partition coefficient (Wildman–Crippen LogP) is 3.62. The molecule has 0 amide bonds. The molecule has 0 unspecified atom stereocenters. The zero-order valence-electron chi connectivity index (χ0n) is 13.2. The van der Waals surface area contributed by atoms with Crippen molar-refractivity contribution >= 4 is 32.4 Å². The Bertz CT molecular complexity index is 891. The number of nitrogens with one attached hydrogen (secondary N) is 1. The van der Waals surface area contributed by atoms with E-state index in [1.165, 1.54) is 17.5 Å². The van der Waals surface area contributed by atoms with Crippen molar-refractivity contribution in [2.75, 3.05) is 19.5 Å². The molecule has 7 heteroatoms. The molecule has 124 valence electrons. The van der Waals surface area contributed by atoms with Gasteiger partial charge in [-0.3, -0.25) is 0 Å². The van der Waals surface area contributed by atoms with E-state index < -0.39 is 5.97 Å². The second kappa shape index (κ2) is 6.76. The van der Waals surface area contributed by atoms with Crippen LogP contribution >= 0.6 is 11.3 Å². The number of thiophene rings is 1. The number of aromatic carboxylic acids is 1. The first-order valence-corrected chi connectivity index (χ1v) is 8.00. The van der Waals surface area contributed by atoms with Crippen LogP contribution < -0.4 is 14.8 Å². The number of rotatable bonds is 6. The maximum atomic E-state index is 11.2. The summed E-state index contributed by atoms with van der Waals surface area (Å²) in [4.78, 5) is 15.2. The number of hydrogen-bond acceptors (Lipinski definition) is 6. The quantitative estimate of drug-likeness (QED) is 0.711. The summed E-state index contributed by atoms with van der Waals surface area (Å²) in [5.74, 6) is 0.329. The smallest absolute Gasteiger partial charge is 0.355 e. The third-order valence-corrected chi connectivity index (χ3v) is 4.62. The fourth-order valence-electron chi connectivity index (χ4n) is 2.40. The van der Waals surface area contributed by atoms with Gasteiger partial charge in [0.15, 0.2) is 17.2 Å². The summed E-state index contributed by atoms with van der Waals surface area (Å²) in [5, 5.41) is 14.0. The average Bonchev–Trinajstić information content (AvgIpc) is 3.02. The molecule has 0 aliphatic heterocycles. The van der Waals surface area contributed by atoms with Crippen LogP contribution in [-0.2, 0) is 6.54 Å². The molecule has 24 heavy (non-hydrogen) atoms. The van der Waals surface area contributed by atoms with Crippen molar-refractivity contribution in [3.8, 4) is 11.5 Å². The first kappa shape index (κ1) is 16.1. The van der Waals surface area contributed by atoms with E-state index in [0.717, 1.165) is 15.3 Å². The topological polar surface area (TPSA) is 80.7 Å². The second-order valence-corrected chi connectivity index (χ2v) is 6.11. The van der Waals surface area contributed by atoms with Crippen LogP contribution in [0.4, 0.5) is 5.00 Å². The standard InChI is InChI=1S/C17H16N2O4S/c1-22-12-4-3-10(7-13(12)23-2)9-19-15-8-11-14(24-15)5-6-18-16(11)17(20)21/h3-8,19H,9H2,1-2H3,(H,20,21). The van der Waals surface area contributed by atoms with Crippen LogP contribution in [0.2, 0.25) is 0 Å². The SMILES string of the molecule is COc1ccc(CNc2cc3c(C(=O)O)nccc3s2)cc1OC. The predicted molar refractivity (Wildman–Crippen MR) is 93.5 cm³/mol. The molecule has 1 aromatic carbocycles. The van der Waals surface area contributed by atoms with E-state index in [0.29, 0.717) is 23.4 Å². The molecule has 0 aliphatic rings. The van der Waals surface area contributed by atoms with Gasteiger partial charge < -0.3 is 19.9 Å². The molecule has 0 aliphatic carbocycles. The van der Waals surface area contributed by atoms with Crippen LogP contribution in [0, 0.1) is 0 Å². The second-order valence-electron chi connectivity index (χ2n) is 5.03. The lowest BCUT2D eigenvalue weighted by atomic mass is 10.2. The third kappa shape index (κ3) is 3.11. The number of methoxy groups -OCH3 is 2. The number of hydrogen-bond donors (Lipinski definition) is 2. The molecular weight excluding hydrogens is 328 g/mol. The molecule has 0 bridgehead atoms. The Morgan fingerprint density at radius 1 is 1.21 bits per heavy atom. The summed E-state index contributed by atoms with van der Waals surface area (Å²) in [5.41, 5.74) is 1.10. The lowest BCUT2D eigenvalue weighted by Crippen LogP contribution is -2.00. The summed E-state index contributed by atoms with van der Waals surface area (Å²) in [6, 6.07) is 9.34. The molecule has 0 radical (unpaired) electrons. The summed E-state index contributed by atoms with van der Waals surface area (Å²) < 4.78 is 11.4. The molecule has 0 saturated carbocycles. The van der Waals surface area contributed by atoms with Crippen LogP contribution in [0.25, 0.3) is 10.1 Å². The number of nitrogens with zero attached hydrogens (tertiary/aromatic N) is 1. The molecule has 0 atom stereocenters. The fraction of sp³-hybridized carbons (Fsp3) is 0.176. The van der Waals surface area contributed by atoms with Gasteiger partial charge in [0.1, 0.15) is 0 Å². The number of anilines is 1. The summed E-state index contributed by atoms with van der Waals surface area (Å²) in [6.45, 7) is 0.586. The Hall–Kier alpha value is -2.80. The Morgan fingerprint density at radius 2 is 2.00 bits per heavy atom. The van der Waals surface area contributed by atoms with Crippen molar-refractivity contribution in [3.63, 3.8) is 0 Å². The van der Waals surface area contributed by atoms with Gasteiger partial charge in [-0.1, -0.05) is 6.07 Å². The summed E-state index contributed by atoms with van der Waals surface area (Å²) >= 11 is 1.50. The van der Waals surface area contributed by atoms with Crippen LogP contribution in [0.3, 0.4) is 0 Å². The van der Waals surface area contributed by atoms with Gasteiger partial charge in [0.05, 0.1) is 19.2 Å². The number of benzene rings is 1. The molecule has 0 fully saturated rings. The lowest BCUT2D eigenvalue weighted by molar-refractivity contribution is 0.0693. The van der Waals surface area contributed by atoms with Crippen molar-refractivity contribution < 1.29 is 19.4 Å². The Morgan fingerprint density at radius 3 is 2.71 bits per heavy atom. The molecule has 2 N–H and O–H groups in total. The minimum Gasteiger partial charge on any atom is -0.493 e. The van der Waals surface area contributed by atoms with E-state index in [2.05, 4.69) is 10.3 Å². The third-order valence-electron chi connectivity index (χ3n) is 3.56.